The van der Waals surface area contributed by atoms with Gasteiger partial charge in [-0.2, -0.15) is 0 Å². The Kier molecular flexibility index (Phi) is 5.07. The number of benzene rings is 2. The Morgan fingerprint density at radius 3 is 2.05 bits per heavy atom. The summed E-state index contributed by atoms with van der Waals surface area (Å²) in [5.74, 6) is -1.04. The van der Waals surface area contributed by atoms with E-state index in [1.54, 1.807) is 0 Å². The monoisotopic (exact) mass is 289 g/mol. The maximum absolute atomic E-state index is 13.1. The fourth-order valence-corrected chi connectivity index (χ4v) is 2.57. The summed E-state index contributed by atoms with van der Waals surface area (Å²) in [7, 11) is 0. The van der Waals surface area contributed by atoms with Gasteiger partial charge in [0.25, 0.3) is 0 Å². The minimum atomic E-state index is -0.521. The number of nitrogens with one attached hydrogen (secondary N) is 1. The molecule has 21 heavy (non-hydrogen) atoms. The highest BCUT2D eigenvalue weighted by molar-refractivity contribution is 5.30. The maximum atomic E-state index is 13.1. The lowest BCUT2D eigenvalue weighted by atomic mass is 10.0. The number of rotatable bonds is 5. The first kappa shape index (κ1) is 15.6. The summed E-state index contributed by atoms with van der Waals surface area (Å²) in [6.45, 7) is 6.94. The Labute approximate surface area is 125 Å². The topological polar surface area (TPSA) is 12.0 Å². The molecule has 0 aromatic heterocycles. The van der Waals surface area contributed by atoms with Crippen LogP contribution in [-0.2, 0) is 6.42 Å². The molecule has 0 fully saturated rings. The summed E-state index contributed by atoms with van der Waals surface area (Å²) < 4.78 is 26.2. The maximum Gasteiger partial charge on any atom is 0.126 e. The number of hydrogen-bond donors (Lipinski definition) is 1. The predicted octanol–water partition coefficient (Wildman–Crippen LogP) is 4.47. The van der Waals surface area contributed by atoms with E-state index in [1.165, 1.54) is 28.8 Å². The molecule has 0 saturated carbocycles. The van der Waals surface area contributed by atoms with Crippen LogP contribution in [0.4, 0.5) is 8.78 Å². The van der Waals surface area contributed by atoms with Crippen molar-refractivity contribution >= 4 is 0 Å². The summed E-state index contributed by atoms with van der Waals surface area (Å²) in [4.78, 5) is 0. The predicted molar refractivity (Wildman–Crippen MR) is 82.4 cm³/mol. The lowest BCUT2D eigenvalue weighted by Gasteiger charge is -2.16. The summed E-state index contributed by atoms with van der Waals surface area (Å²) >= 11 is 0. The van der Waals surface area contributed by atoms with Crippen LogP contribution in [0, 0.1) is 25.5 Å². The minimum Gasteiger partial charge on any atom is -0.310 e. The van der Waals surface area contributed by atoms with Gasteiger partial charge in [0.15, 0.2) is 0 Å². The molecular weight excluding hydrogens is 268 g/mol. The molecule has 0 radical (unpaired) electrons. The van der Waals surface area contributed by atoms with Crippen molar-refractivity contribution in [2.75, 3.05) is 6.54 Å². The van der Waals surface area contributed by atoms with E-state index in [4.69, 9.17) is 0 Å². The molecular formula is C18H21F2N. The van der Waals surface area contributed by atoms with Gasteiger partial charge in [-0.15, -0.1) is 0 Å². The Hall–Kier alpha value is -1.74. The van der Waals surface area contributed by atoms with Crippen molar-refractivity contribution in [3.05, 3.63) is 70.3 Å². The van der Waals surface area contributed by atoms with Crippen LogP contribution in [0.2, 0.25) is 0 Å². The molecule has 3 heteroatoms. The first-order valence-electron chi connectivity index (χ1n) is 7.20. The van der Waals surface area contributed by atoms with Crippen molar-refractivity contribution in [3.63, 3.8) is 0 Å². The van der Waals surface area contributed by atoms with Crippen molar-refractivity contribution in [2.45, 2.75) is 33.2 Å². The molecule has 112 valence electrons. The molecule has 0 saturated heterocycles. The molecule has 1 nitrogen and oxygen atoms in total. The van der Waals surface area contributed by atoms with E-state index in [0.717, 1.165) is 6.07 Å². The van der Waals surface area contributed by atoms with Crippen molar-refractivity contribution < 1.29 is 8.78 Å². The summed E-state index contributed by atoms with van der Waals surface area (Å²) in [5.41, 5.74) is 4.39. The fraction of sp³-hybridized carbons (Fsp3) is 0.333. The van der Waals surface area contributed by atoms with E-state index in [9.17, 15) is 8.78 Å². The lowest BCUT2D eigenvalue weighted by molar-refractivity contribution is 0.563. The van der Waals surface area contributed by atoms with Crippen molar-refractivity contribution in [2.24, 2.45) is 0 Å². The van der Waals surface area contributed by atoms with Gasteiger partial charge in [-0.25, -0.2) is 8.78 Å². The van der Waals surface area contributed by atoms with Gasteiger partial charge < -0.3 is 5.32 Å². The summed E-state index contributed by atoms with van der Waals surface area (Å²) in [5, 5.41) is 3.40. The molecule has 1 unspecified atom stereocenters. The van der Waals surface area contributed by atoms with Crippen molar-refractivity contribution in [3.8, 4) is 0 Å². The Balaban J connectivity index is 1.93. The van der Waals surface area contributed by atoms with E-state index in [-0.39, 0.29) is 6.04 Å². The van der Waals surface area contributed by atoms with Crippen molar-refractivity contribution in [1.82, 2.24) is 5.32 Å². The minimum absolute atomic E-state index is 0.210. The Morgan fingerprint density at radius 2 is 1.48 bits per heavy atom. The van der Waals surface area contributed by atoms with E-state index in [2.05, 4.69) is 44.3 Å². The highest BCUT2D eigenvalue weighted by Crippen LogP contribution is 2.16. The van der Waals surface area contributed by atoms with Gasteiger partial charge in [0.2, 0.25) is 0 Å². The lowest BCUT2D eigenvalue weighted by Crippen LogP contribution is -2.21. The van der Waals surface area contributed by atoms with E-state index < -0.39 is 11.6 Å². The molecule has 2 aromatic carbocycles. The quantitative estimate of drug-likeness (QED) is 0.856. The van der Waals surface area contributed by atoms with Crippen LogP contribution in [-0.4, -0.2) is 6.54 Å². The fourth-order valence-electron chi connectivity index (χ4n) is 2.57. The zero-order valence-electron chi connectivity index (χ0n) is 12.7. The highest BCUT2D eigenvalue weighted by Gasteiger charge is 2.06. The number of aryl methyl sites for hydroxylation is 2. The van der Waals surface area contributed by atoms with E-state index in [1.807, 2.05) is 0 Å². The van der Waals surface area contributed by atoms with E-state index >= 15 is 0 Å². The van der Waals surface area contributed by atoms with Crippen LogP contribution < -0.4 is 5.32 Å². The molecule has 0 aliphatic rings. The first-order valence-corrected chi connectivity index (χ1v) is 7.20. The average Bonchev–Trinajstić information content (AvgIpc) is 2.36. The van der Waals surface area contributed by atoms with Crippen LogP contribution in [0.15, 0.2) is 36.4 Å². The Bertz CT molecular complexity index is 582. The van der Waals surface area contributed by atoms with E-state index in [0.29, 0.717) is 18.5 Å². The largest absolute Gasteiger partial charge is 0.310 e. The SMILES string of the molecule is Cc1cc(C)cc(C(C)NCCc2cc(F)cc(F)c2)c1. The molecule has 0 amide bonds. The third-order valence-corrected chi connectivity index (χ3v) is 3.53. The molecule has 0 bridgehead atoms. The third-order valence-electron chi connectivity index (χ3n) is 3.53. The molecule has 0 aliphatic heterocycles. The van der Waals surface area contributed by atoms with Gasteiger partial charge in [0.05, 0.1) is 0 Å². The van der Waals surface area contributed by atoms with Crippen LogP contribution in [0.25, 0.3) is 0 Å². The highest BCUT2D eigenvalue weighted by atomic mass is 19.1. The number of hydrogen-bond acceptors (Lipinski definition) is 1. The molecule has 2 rings (SSSR count). The number of halogens is 2. The van der Waals surface area contributed by atoms with Gasteiger partial charge >= 0.3 is 0 Å². The standard InChI is InChI=1S/C18H21F2N/c1-12-6-13(2)8-16(7-12)14(3)21-5-4-15-9-17(19)11-18(20)10-15/h6-11,14,21H,4-5H2,1-3H3. The molecule has 2 aromatic rings. The van der Waals surface area contributed by atoms with Gasteiger partial charge in [0, 0.05) is 12.1 Å². The van der Waals surface area contributed by atoms with Crippen LogP contribution in [0.5, 0.6) is 0 Å². The molecule has 0 spiro atoms. The van der Waals surface area contributed by atoms with Crippen LogP contribution in [0.3, 0.4) is 0 Å². The zero-order valence-corrected chi connectivity index (χ0v) is 12.7. The Morgan fingerprint density at radius 1 is 0.905 bits per heavy atom. The average molecular weight is 289 g/mol. The normalized spacial score (nSPS) is 12.4. The zero-order chi connectivity index (χ0) is 15.4. The van der Waals surface area contributed by atoms with Gasteiger partial charge in [-0.1, -0.05) is 29.3 Å². The first-order chi connectivity index (χ1) is 9.94. The second-order valence-electron chi connectivity index (χ2n) is 5.62. The summed E-state index contributed by atoms with van der Waals surface area (Å²) in [6.07, 6.45) is 0.601. The third kappa shape index (κ3) is 4.64. The van der Waals surface area contributed by atoms with Gasteiger partial charge in [-0.05, 0) is 57.0 Å². The van der Waals surface area contributed by atoms with Crippen molar-refractivity contribution in [1.29, 1.82) is 0 Å². The molecule has 0 heterocycles. The second kappa shape index (κ2) is 6.81. The molecule has 1 atom stereocenters. The molecule has 1 N–H and O–H groups in total. The molecule has 0 aliphatic carbocycles. The smallest absolute Gasteiger partial charge is 0.126 e. The second-order valence-corrected chi connectivity index (χ2v) is 5.62. The van der Waals surface area contributed by atoms with Crippen LogP contribution in [0.1, 0.15) is 35.2 Å². The van der Waals surface area contributed by atoms with Gasteiger partial charge in [0.1, 0.15) is 11.6 Å². The van der Waals surface area contributed by atoms with Crippen LogP contribution >= 0.6 is 0 Å². The van der Waals surface area contributed by atoms with Gasteiger partial charge in [-0.3, -0.25) is 0 Å². The summed E-state index contributed by atoms with van der Waals surface area (Å²) in [6, 6.07) is 10.3.